The summed E-state index contributed by atoms with van der Waals surface area (Å²) in [6.07, 6.45) is 4.32. The van der Waals surface area contributed by atoms with E-state index in [2.05, 4.69) is 15.3 Å². The molecule has 5 heteroatoms. The number of nitrogens with zero attached hydrogens (tertiary/aromatic N) is 2. The summed E-state index contributed by atoms with van der Waals surface area (Å²) in [5.74, 6) is 1.22. The van der Waals surface area contributed by atoms with Gasteiger partial charge in [0.1, 0.15) is 5.82 Å². The van der Waals surface area contributed by atoms with Gasteiger partial charge < -0.3 is 10.1 Å². The zero-order valence-corrected chi connectivity index (χ0v) is 11.1. The Hall–Kier alpha value is -2.01. The number of hydrogen-bond acceptors (Lipinski definition) is 4. The lowest BCUT2D eigenvalue weighted by Gasteiger charge is -2.10. The van der Waals surface area contributed by atoms with Crippen molar-refractivity contribution >= 4 is 0 Å². The summed E-state index contributed by atoms with van der Waals surface area (Å²) in [4.78, 5) is 8.33. The highest BCUT2D eigenvalue weighted by Gasteiger charge is 2.15. The maximum atomic E-state index is 13.6. The van der Waals surface area contributed by atoms with E-state index >= 15 is 0 Å². The molecule has 1 saturated heterocycles. The van der Waals surface area contributed by atoms with E-state index in [1.54, 1.807) is 30.6 Å². The smallest absolute Gasteiger partial charge is 0.162 e. The first-order valence-corrected chi connectivity index (χ1v) is 6.73. The molecule has 2 aromatic rings. The van der Waals surface area contributed by atoms with Crippen molar-refractivity contribution in [3.05, 3.63) is 42.5 Å². The molecule has 0 amide bonds. The molecule has 0 bridgehead atoms. The quantitative estimate of drug-likeness (QED) is 0.928. The summed E-state index contributed by atoms with van der Waals surface area (Å²) in [6.45, 7) is 2.71. The van der Waals surface area contributed by atoms with E-state index in [4.69, 9.17) is 4.74 Å². The van der Waals surface area contributed by atoms with Crippen LogP contribution in [0, 0.1) is 11.7 Å². The normalized spacial score (nSPS) is 18.1. The lowest BCUT2D eigenvalue weighted by molar-refractivity contribution is 0.258. The van der Waals surface area contributed by atoms with Crippen LogP contribution in [0.3, 0.4) is 0 Å². The number of benzene rings is 1. The van der Waals surface area contributed by atoms with Crippen molar-refractivity contribution in [1.29, 1.82) is 0 Å². The van der Waals surface area contributed by atoms with Crippen LogP contribution < -0.4 is 10.1 Å². The lowest BCUT2D eigenvalue weighted by Crippen LogP contribution is -2.15. The van der Waals surface area contributed by atoms with E-state index in [1.165, 1.54) is 6.07 Å². The van der Waals surface area contributed by atoms with Gasteiger partial charge in [0.2, 0.25) is 0 Å². The summed E-state index contributed by atoms with van der Waals surface area (Å²) in [5.41, 5.74) is 0.402. The van der Waals surface area contributed by atoms with Crippen LogP contribution in [-0.4, -0.2) is 29.7 Å². The Morgan fingerprint density at radius 1 is 1.25 bits per heavy atom. The van der Waals surface area contributed by atoms with Crippen LogP contribution >= 0.6 is 0 Å². The molecular formula is C15H16FN3O. The average Bonchev–Trinajstić information content (AvgIpc) is 3.00. The van der Waals surface area contributed by atoms with E-state index in [9.17, 15) is 4.39 Å². The van der Waals surface area contributed by atoms with Crippen molar-refractivity contribution in [3.8, 4) is 17.1 Å². The van der Waals surface area contributed by atoms with Crippen molar-refractivity contribution in [2.75, 3.05) is 19.7 Å². The Labute approximate surface area is 117 Å². The van der Waals surface area contributed by atoms with Gasteiger partial charge in [0.25, 0.3) is 0 Å². The first kappa shape index (κ1) is 13.0. The van der Waals surface area contributed by atoms with Crippen LogP contribution in [0.25, 0.3) is 11.4 Å². The van der Waals surface area contributed by atoms with Crippen molar-refractivity contribution < 1.29 is 9.13 Å². The van der Waals surface area contributed by atoms with Crippen molar-refractivity contribution in [3.63, 3.8) is 0 Å². The summed E-state index contributed by atoms with van der Waals surface area (Å²) < 4.78 is 19.3. The predicted molar refractivity (Wildman–Crippen MR) is 73.9 cm³/mol. The summed E-state index contributed by atoms with van der Waals surface area (Å²) >= 11 is 0. The predicted octanol–water partition coefficient (Wildman–Crippen LogP) is 2.27. The van der Waals surface area contributed by atoms with Gasteiger partial charge in [-0.15, -0.1) is 0 Å². The molecule has 3 rings (SSSR count). The number of nitrogens with one attached hydrogen (secondary N) is 1. The SMILES string of the molecule is Fc1ccccc1-c1ncc(OCC2CCNC2)cn1. The Balaban J connectivity index is 1.66. The molecule has 104 valence electrons. The molecule has 1 fully saturated rings. The average molecular weight is 273 g/mol. The third-order valence-corrected chi connectivity index (χ3v) is 3.39. The molecular weight excluding hydrogens is 257 g/mol. The number of halogens is 1. The molecule has 0 radical (unpaired) electrons. The molecule has 1 N–H and O–H groups in total. The first-order valence-electron chi connectivity index (χ1n) is 6.73. The van der Waals surface area contributed by atoms with Gasteiger partial charge in [-0.3, -0.25) is 0 Å². The fourth-order valence-electron chi connectivity index (χ4n) is 2.24. The van der Waals surface area contributed by atoms with Gasteiger partial charge in [0.05, 0.1) is 24.6 Å². The minimum atomic E-state index is -0.321. The van der Waals surface area contributed by atoms with E-state index in [0.717, 1.165) is 19.5 Å². The van der Waals surface area contributed by atoms with Gasteiger partial charge in [-0.2, -0.15) is 0 Å². The third kappa shape index (κ3) is 2.93. The van der Waals surface area contributed by atoms with E-state index in [0.29, 0.717) is 29.7 Å². The molecule has 2 heterocycles. The molecule has 1 atom stereocenters. The largest absolute Gasteiger partial charge is 0.490 e. The van der Waals surface area contributed by atoms with Crippen molar-refractivity contribution in [2.45, 2.75) is 6.42 Å². The monoisotopic (exact) mass is 273 g/mol. The van der Waals surface area contributed by atoms with Crippen LogP contribution in [0.4, 0.5) is 4.39 Å². The highest BCUT2D eigenvalue weighted by atomic mass is 19.1. The zero-order chi connectivity index (χ0) is 13.8. The van der Waals surface area contributed by atoms with E-state index in [-0.39, 0.29) is 5.82 Å². The minimum Gasteiger partial charge on any atom is -0.490 e. The number of hydrogen-bond donors (Lipinski definition) is 1. The van der Waals surface area contributed by atoms with Crippen LogP contribution in [0.15, 0.2) is 36.7 Å². The van der Waals surface area contributed by atoms with Gasteiger partial charge in [-0.25, -0.2) is 14.4 Å². The Morgan fingerprint density at radius 2 is 2.05 bits per heavy atom. The number of rotatable bonds is 4. The van der Waals surface area contributed by atoms with Crippen LogP contribution in [0.1, 0.15) is 6.42 Å². The fraction of sp³-hybridized carbons (Fsp3) is 0.333. The van der Waals surface area contributed by atoms with Crippen molar-refractivity contribution in [1.82, 2.24) is 15.3 Å². The maximum Gasteiger partial charge on any atom is 0.162 e. The molecule has 20 heavy (non-hydrogen) atoms. The van der Waals surface area contributed by atoms with Gasteiger partial charge in [-0.05, 0) is 25.1 Å². The second-order valence-electron chi connectivity index (χ2n) is 4.89. The third-order valence-electron chi connectivity index (χ3n) is 3.39. The molecule has 1 aliphatic heterocycles. The first-order chi connectivity index (χ1) is 9.83. The topological polar surface area (TPSA) is 47.0 Å². The molecule has 1 aromatic carbocycles. The molecule has 1 unspecified atom stereocenters. The second kappa shape index (κ2) is 5.96. The minimum absolute atomic E-state index is 0.321. The van der Waals surface area contributed by atoms with Crippen LogP contribution in [-0.2, 0) is 0 Å². The van der Waals surface area contributed by atoms with Crippen molar-refractivity contribution in [2.24, 2.45) is 5.92 Å². The second-order valence-corrected chi connectivity index (χ2v) is 4.89. The molecule has 1 aliphatic rings. The van der Waals surface area contributed by atoms with Gasteiger partial charge in [0.15, 0.2) is 11.6 Å². The van der Waals surface area contributed by atoms with E-state index in [1.807, 2.05) is 0 Å². The Bertz CT molecular complexity index is 568. The molecule has 0 aliphatic carbocycles. The van der Waals surface area contributed by atoms with Gasteiger partial charge >= 0.3 is 0 Å². The number of aromatic nitrogens is 2. The molecule has 4 nitrogen and oxygen atoms in total. The van der Waals surface area contributed by atoms with Crippen LogP contribution in [0.2, 0.25) is 0 Å². The molecule has 1 aromatic heterocycles. The summed E-state index contributed by atoms with van der Waals surface area (Å²) in [7, 11) is 0. The molecule has 0 saturated carbocycles. The zero-order valence-electron chi connectivity index (χ0n) is 11.1. The Morgan fingerprint density at radius 3 is 2.75 bits per heavy atom. The van der Waals surface area contributed by atoms with E-state index < -0.39 is 0 Å². The summed E-state index contributed by atoms with van der Waals surface area (Å²) in [6, 6.07) is 6.47. The molecule has 0 spiro atoms. The Kier molecular flexibility index (Phi) is 3.87. The van der Waals surface area contributed by atoms with Gasteiger partial charge in [0, 0.05) is 12.5 Å². The van der Waals surface area contributed by atoms with Crippen LogP contribution in [0.5, 0.6) is 5.75 Å². The summed E-state index contributed by atoms with van der Waals surface area (Å²) in [5, 5.41) is 3.29. The highest BCUT2D eigenvalue weighted by molar-refractivity contribution is 5.55. The lowest BCUT2D eigenvalue weighted by atomic mass is 10.1. The highest BCUT2D eigenvalue weighted by Crippen LogP contribution is 2.20. The van der Waals surface area contributed by atoms with Gasteiger partial charge in [-0.1, -0.05) is 12.1 Å². The maximum absolute atomic E-state index is 13.6. The number of ether oxygens (including phenoxy) is 1. The fourth-order valence-corrected chi connectivity index (χ4v) is 2.24. The standard InChI is InChI=1S/C15H16FN3O/c16-14-4-2-1-3-13(14)15-18-8-12(9-19-15)20-10-11-5-6-17-7-11/h1-4,8-9,11,17H,5-7,10H2.